The second-order valence-electron chi connectivity index (χ2n) is 6.95. The first-order chi connectivity index (χ1) is 15.0. The van der Waals surface area contributed by atoms with Crippen LogP contribution in [0.25, 0.3) is 11.1 Å². The Bertz CT molecular complexity index is 1080. The van der Waals surface area contributed by atoms with Crippen LogP contribution in [0.2, 0.25) is 0 Å². The normalized spacial score (nSPS) is 17.7. The van der Waals surface area contributed by atoms with Crippen LogP contribution in [0.4, 0.5) is 19.0 Å². The van der Waals surface area contributed by atoms with Gasteiger partial charge in [0, 0.05) is 25.9 Å². The zero-order valence-electron chi connectivity index (χ0n) is 16.9. The SMILES string of the molecule is CN(C)c1ncc(C(F)(F)F)cc1-c1ccc(C=NN=C2NC(=O)C(CC(=O)O)S2)cc1. The van der Waals surface area contributed by atoms with E-state index in [0.29, 0.717) is 22.5 Å². The van der Waals surface area contributed by atoms with Gasteiger partial charge in [0.15, 0.2) is 5.17 Å². The van der Waals surface area contributed by atoms with Gasteiger partial charge < -0.3 is 15.3 Å². The van der Waals surface area contributed by atoms with E-state index in [1.807, 2.05) is 0 Å². The van der Waals surface area contributed by atoms with Gasteiger partial charge in [0.25, 0.3) is 0 Å². The number of amidine groups is 1. The predicted molar refractivity (Wildman–Crippen MR) is 116 cm³/mol. The maximum Gasteiger partial charge on any atom is 0.417 e. The Morgan fingerprint density at radius 2 is 2.00 bits per heavy atom. The number of aliphatic carboxylic acids is 1. The van der Waals surface area contributed by atoms with Crippen molar-refractivity contribution in [2.45, 2.75) is 17.8 Å². The highest BCUT2D eigenvalue weighted by Crippen LogP contribution is 2.35. The van der Waals surface area contributed by atoms with Gasteiger partial charge >= 0.3 is 12.1 Å². The number of rotatable bonds is 6. The Morgan fingerprint density at radius 3 is 2.59 bits per heavy atom. The molecule has 3 rings (SSSR count). The topological polar surface area (TPSA) is 107 Å². The molecule has 0 spiro atoms. The minimum absolute atomic E-state index is 0.194. The molecule has 1 aliphatic rings. The van der Waals surface area contributed by atoms with Gasteiger partial charge in [0.1, 0.15) is 11.1 Å². The first kappa shape index (κ1) is 23.3. The van der Waals surface area contributed by atoms with Crippen LogP contribution >= 0.6 is 11.8 Å². The molecule has 1 aromatic carbocycles. The number of nitrogens with zero attached hydrogens (tertiary/aromatic N) is 4. The van der Waals surface area contributed by atoms with Gasteiger partial charge in [0.05, 0.1) is 18.2 Å². The molecule has 12 heteroatoms. The molecule has 168 valence electrons. The Morgan fingerprint density at radius 1 is 1.31 bits per heavy atom. The Hall–Kier alpha value is -3.41. The molecule has 1 fully saturated rings. The van der Waals surface area contributed by atoms with Crippen LogP contribution in [0, 0.1) is 0 Å². The number of benzene rings is 1. The highest BCUT2D eigenvalue weighted by atomic mass is 32.2. The van der Waals surface area contributed by atoms with Gasteiger partial charge in [-0.3, -0.25) is 9.59 Å². The number of pyridine rings is 1. The quantitative estimate of drug-likeness (QED) is 0.501. The average molecular weight is 465 g/mol. The number of halogens is 3. The van der Waals surface area contributed by atoms with Crippen LogP contribution in [-0.2, 0) is 15.8 Å². The zero-order chi connectivity index (χ0) is 23.5. The summed E-state index contributed by atoms with van der Waals surface area (Å²) in [7, 11) is 3.39. The Balaban J connectivity index is 1.77. The Kier molecular flexibility index (Phi) is 6.82. The van der Waals surface area contributed by atoms with Crippen molar-refractivity contribution in [3.63, 3.8) is 0 Å². The highest BCUT2D eigenvalue weighted by molar-refractivity contribution is 8.15. The van der Waals surface area contributed by atoms with E-state index in [2.05, 4.69) is 20.5 Å². The van der Waals surface area contributed by atoms with Crippen molar-refractivity contribution in [2.75, 3.05) is 19.0 Å². The maximum absolute atomic E-state index is 13.1. The summed E-state index contributed by atoms with van der Waals surface area (Å²) in [6, 6.07) is 7.67. The minimum Gasteiger partial charge on any atom is -0.481 e. The molecule has 0 aliphatic carbocycles. The van der Waals surface area contributed by atoms with E-state index in [4.69, 9.17) is 5.11 Å². The maximum atomic E-state index is 13.1. The van der Waals surface area contributed by atoms with Gasteiger partial charge in [-0.2, -0.15) is 18.3 Å². The van der Waals surface area contributed by atoms with Gasteiger partial charge in [-0.1, -0.05) is 36.0 Å². The first-order valence-electron chi connectivity index (χ1n) is 9.20. The molecule has 2 heterocycles. The van der Waals surface area contributed by atoms with Crippen LogP contribution in [0.3, 0.4) is 0 Å². The number of thioether (sulfide) groups is 1. The van der Waals surface area contributed by atoms with E-state index >= 15 is 0 Å². The fraction of sp³-hybridized carbons (Fsp3) is 0.250. The second kappa shape index (κ2) is 9.39. The van der Waals surface area contributed by atoms with Crippen molar-refractivity contribution in [1.82, 2.24) is 10.3 Å². The van der Waals surface area contributed by atoms with E-state index in [1.165, 1.54) is 6.21 Å². The molecule has 1 aromatic heterocycles. The first-order valence-corrected chi connectivity index (χ1v) is 10.1. The smallest absolute Gasteiger partial charge is 0.417 e. The number of amides is 1. The number of anilines is 1. The van der Waals surface area contributed by atoms with E-state index in [9.17, 15) is 22.8 Å². The van der Waals surface area contributed by atoms with Crippen LogP contribution in [0.1, 0.15) is 17.5 Å². The van der Waals surface area contributed by atoms with Crippen LogP contribution in [0.5, 0.6) is 0 Å². The molecular formula is C20H18F3N5O3S. The van der Waals surface area contributed by atoms with Crippen LogP contribution in [-0.4, -0.2) is 52.7 Å². The van der Waals surface area contributed by atoms with Crippen molar-refractivity contribution in [3.05, 3.63) is 47.7 Å². The Labute approximate surface area is 185 Å². The van der Waals surface area contributed by atoms with Crippen molar-refractivity contribution in [1.29, 1.82) is 0 Å². The number of carboxylic acid groups (broad SMARTS) is 1. The molecule has 1 amide bonds. The predicted octanol–water partition coefficient (Wildman–Crippen LogP) is 3.23. The number of aromatic nitrogens is 1. The highest BCUT2D eigenvalue weighted by Gasteiger charge is 2.33. The number of carbonyl (C=O) groups is 2. The number of hydrogen-bond acceptors (Lipinski definition) is 7. The monoisotopic (exact) mass is 465 g/mol. The summed E-state index contributed by atoms with van der Waals surface area (Å²) < 4.78 is 39.4. The zero-order valence-corrected chi connectivity index (χ0v) is 17.7. The minimum atomic E-state index is -4.50. The molecule has 8 nitrogen and oxygen atoms in total. The molecule has 1 aliphatic heterocycles. The molecular weight excluding hydrogens is 447 g/mol. The van der Waals surface area contributed by atoms with Crippen LogP contribution < -0.4 is 10.2 Å². The molecule has 2 N–H and O–H groups in total. The summed E-state index contributed by atoms with van der Waals surface area (Å²) in [4.78, 5) is 28.0. The third kappa shape index (κ3) is 5.63. The fourth-order valence-electron chi connectivity index (χ4n) is 2.82. The van der Waals surface area contributed by atoms with Gasteiger partial charge in [-0.15, -0.1) is 5.10 Å². The van der Waals surface area contributed by atoms with E-state index in [1.54, 1.807) is 43.3 Å². The van der Waals surface area contributed by atoms with Crippen molar-refractivity contribution in [2.24, 2.45) is 10.2 Å². The summed E-state index contributed by atoms with van der Waals surface area (Å²) in [5, 5.41) is 18.4. The van der Waals surface area contributed by atoms with Gasteiger partial charge in [0.2, 0.25) is 5.91 Å². The lowest BCUT2D eigenvalue weighted by Gasteiger charge is -2.18. The van der Waals surface area contributed by atoms with Gasteiger partial charge in [-0.25, -0.2) is 4.98 Å². The molecule has 2 aromatic rings. The molecule has 0 saturated carbocycles. The van der Waals surface area contributed by atoms with Crippen molar-refractivity contribution in [3.8, 4) is 11.1 Å². The number of nitrogens with one attached hydrogen (secondary N) is 1. The van der Waals surface area contributed by atoms with E-state index in [-0.39, 0.29) is 11.6 Å². The lowest BCUT2D eigenvalue weighted by atomic mass is 10.0. The van der Waals surface area contributed by atoms with Crippen molar-refractivity contribution < 1.29 is 27.9 Å². The number of carboxylic acids is 1. The summed E-state index contributed by atoms with van der Waals surface area (Å²) >= 11 is 0.981. The third-order valence-corrected chi connectivity index (χ3v) is 5.40. The van der Waals surface area contributed by atoms with E-state index < -0.39 is 28.9 Å². The summed E-state index contributed by atoms with van der Waals surface area (Å²) in [5.41, 5.74) is 0.673. The molecule has 0 radical (unpaired) electrons. The summed E-state index contributed by atoms with van der Waals surface area (Å²) in [6.07, 6.45) is -2.61. The average Bonchev–Trinajstić information content (AvgIpc) is 3.05. The van der Waals surface area contributed by atoms with Crippen molar-refractivity contribution >= 4 is 40.8 Å². The van der Waals surface area contributed by atoms with E-state index in [0.717, 1.165) is 24.0 Å². The summed E-state index contributed by atoms with van der Waals surface area (Å²) in [6.45, 7) is 0. The lowest BCUT2D eigenvalue weighted by molar-refractivity contribution is -0.138. The van der Waals surface area contributed by atoms with Gasteiger partial charge in [-0.05, 0) is 17.2 Å². The number of carbonyl (C=O) groups excluding carboxylic acids is 1. The molecule has 0 bridgehead atoms. The summed E-state index contributed by atoms with van der Waals surface area (Å²) in [5.74, 6) is -1.13. The van der Waals surface area contributed by atoms with Crippen LogP contribution in [0.15, 0.2) is 46.7 Å². The number of hydrogen-bond donors (Lipinski definition) is 2. The fourth-order valence-corrected chi connectivity index (χ4v) is 3.74. The lowest BCUT2D eigenvalue weighted by Crippen LogP contribution is -2.26. The molecule has 1 saturated heterocycles. The third-order valence-electron chi connectivity index (χ3n) is 4.33. The molecule has 1 atom stereocenters. The number of alkyl halides is 3. The standard InChI is InChI=1S/C20H18F3N5O3S/c1-28(2)17-14(7-13(10-24-17)20(21,22)23)12-5-3-11(4-6-12)9-25-27-19-26-18(31)15(32-19)8-16(29)30/h3-7,9-10,15H,8H2,1-2H3,(H,29,30)(H,26,27,31). The molecule has 1 unspecified atom stereocenters. The second-order valence-corrected chi connectivity index (χ2v) is 8.14. The largest absolute Gasteiger partial charge is 0.481 e. The molecule has 32 heavy (non-hydrogen) atoms.